The summed E-state index contributed by atoms with van der Waals surface area (Å²) in [7, 11) is 1.88. The smallest absolute Gasteiger partial charge is 0.329 e. The van der Waals surface area contributed by atoms with E-state index in [4.69, 9.17) is 26.8 Å². The van der Waals surface area contributed by atoms with Crippen molar-refractivity contribution in [1.82, 2.24) is 30.2 Å². The first-order chi connectivity index (χ1) is 34.3. The number of aliphatic hydroxyl groups is 1. The minimum atomic E-state index is -1.11. The maximum atomic E-state index is 16.5. The van der Waals surface area contributed by atoms with Gasteiger partial charge in [0, 0.05) is 91.7 Å². The number of fused-ring (bicyclic) bond motifs is 2. The molecule has 4 fully saturated rings. The number of rotatable bonds is 13. The highest BCUT2D eigenvalue weighted by molar-refractivity contribution is 6.34. The number of nitrogens with one attached hydrogen (secondary N) is 2. The molecule has 1 aromatic heterocycles. The molecule has 3 atom stereocenters. The number of urea groups is 1. The monoisotopic (exact) mass is 992 g/mol. The number of halogens is 3. The standard InChI is InChI=1S/C53H59ClF2N8O7/c1-30-44-42(27-39(55)47(54)46(44)45-38(49(57)67)14-15-41(48(45)56)70-25-24-65)71-53(30,34-6-4-3-5-7-34)29-58-35-11-8-32(9-12-35)51(68)63-22-18-36(28-63)62-20-16-31(17-21-62)33-10-13-37-40(26-33)61(2)60-50(37)64-23-19-43(66)59-52(64)69/h3-7,10,13-15,26-27,30-32,35-36,58,65H,8-9,11-12,16-25,28-29H2,1-2H3,(H2,57,67)(H,59,66,69). The molecule has 1 saturated carbocycles. The number of hydrogen-bond acceptors (Lipinski definition) is 10. The van der Waals surface area contributed by atoms with Gasteiger partial charge < -0.3 is 30.5 Å². The Labute approximate surface area is 415 Å². The molecule has 5 N–H and O–H groups in total. The van der Waals surface area contributed by atoms with E-state index in [9.17, 15) is 24.3 Å². The van der Waals surface area contributed by atoms with Crippen LogP contribution in [-0.4, -0.2) is 113 Å². The number of amides is 5. The van der Waals surface area contributed by atoms with Crippen LogP contribution in [0.3, 0.4) is 0 Å². The molecule has 15 nitrogen and oxygen atoms in total. The van der Waals surface area contributed by atoms with E-state index in [-0.39, 0.29) is 71.6 Å². The zero-order valence-electron chi connectivity index (χ0n) is 39.9. The van der Waals surface area contributed by atoms with Crippen LogP contribution in [0.2, 0.25) is 5.02 Å². The third kappa shape index (κ3) is 8.99. The SMILES string of the molecule is CC1c2c(cc(F)c(Cl)c2-c2c(C(N)=O)ccc(OCCO)c2F)OC1(CNC1CCC(C(=O)N2CCC(N3CCC(c4ccc5c(N6CCC(=O)NC6=O)nn(C)c5c4)CC3)C2)CC1)c1ccccc1. The highest BCUT2D eigenvalue weighted by Crippen LogP contribution is 2.56. The van der Waals surface area contributed by atoms with Crippen molar-refractivity contribution < 1.29 is 42.5 Å². The molecule has 71 heavy (non-hydrogen) atoms. The summed E-state index contributed by atoms with van der Waals surface area (Å²) < 4.78 is 46.4. The van der Waals surface area contributed by atoms with E-state index in [2.05, 4.69) is 37.7 Å². The number of carbonyl (C=O) groups excluding carboxylic acids is 4. The number of nitrogens with zero attached hydrogens (tertiary/aromatic N) is 5. The molecule has 0 radical (unpaired) electrons. The van der Waals surface area contributed by atoms with Gasteiger partial charge in [-0.3, -0.25) is 34.2 Å². The van der Waals surface area contributed by atoms with Gasteiger partial charge in [-0.05, 0) is 99.3 Å². The topological polar surface area (TPSA) is 185 Å². The Kier molecular flexibility index (Phi) is 13.5. The largest absolute Gasteiger partial charge is 0.488 e. The molecule has 374 valence electrons. The van der Waals surface area contributed by atoms with Crippen LogP contribution in [0.15, 0.2) is 66.7 Å². The summed E-state index contributed by atoms with van der Waals surface area (Å²) in [5.41, 5.74) is 7.50. The molecular formula is C53H59ClF2N8O7. The lowest BCUT2D eigenvalue weighted by Gasteiger charge is -2.38. The fraction of sp³-hybridized carbons (Fsp3) is 0.453. The van der Waals surface area contributed by atoms with E-state index in [1.54, 1.807) is 4.68 Å². The van der Waals surface area contributed by atoms with Gasteiger partial charge in [0.1, 0.15) is 18.2 Å². The molecule has 10 rings (SSSR count). The molecule has 3 saturated heterocycles. The van der Waals surface area contributed by atoms with E-state index in [1.807, 2.05) is 50.4 Å². The quantitative estimate of drug-likeness (QED) is 0.0949. The fourth-order valence-electron chi connectivity index (χ4n) is 11.9. The van der Waals surface area contributed by atoms with Crippen LogP contribution in [0.1, 0.15) is 97.2 Å². The Hall–Kier alpha value is -6.14. The van der Waals surface area contributed by atoms with Crippen LogP contribution >= 0.6 is 11.6 Å². The van der Waals surface area contributed by atoms with E-state index < -0.39 is 40.1 Å². The van der Waals surface area contributed by atoms with Gasteiger partial charge in [0.25, 0.3) is 0 Å². The number of nitrogens with two attached hydrogens (primary N) is 1. The average Bonchev–Trinajstić information content (AvgIpc) is 4.08. The first kappa shape index (κ1) is 48.5. The van der Waals surface area contributed by atoms with Crippen LogP contribution in [0, 0.1) is 17.6 Å². The maximum Gasteiger partial charge on any atom is 0.329 e. The molecule has 18 heteroatoms. The van der Waals surface area contributed by atoms with E-state index in [0.717, 1.165) is 87.6 Å². The summed E-state index contributed by atoms with van der Waals surface area (Å²) in [6.07, 6.45) is 6.21. The third-order valence-corrected chi connectivity index (χ3v) is 16.1. The molecular weight excluding hydrogens is 934 g/mol. The maximum absolute atomic E-state index is 16.5. The first-order valence-electron chi connectivity index (χ1n) is 24.7. The van der Waals surface area contributed by atoms with Crippen LogP contribution in [-0.2, 0) is 22.2 Å². The van der Waals surface area contributed by atoms with Crippen molar-refractivity contribution in [2.24, 2.45) is 18.7 Å². The number of aromatic nitrogens is 2. The van der Waals surface area contributed by atoms with Crippen LogP contribution in [0.5, 0.6) is 11.5 Å². The zero-order chi connectivity index (χ0) is 49.7. The van der Waals surface area contributed by atoms with Crippen LogP contribution in [0.25, 0.3) is 22.0 Å². The Bertz CT molecular complexity index is 2890. The Morgan fingerprint density at radius 3 is 2.45 bits per heavy atom. The molecule has 0 spiro atoms. The number of aryl methyl sites for hydroxylation is 1. The van der Waals surface area contributed by atoms with Crippen molar-refractivity contribution in [2.45, 2.75) is 87.8 Å². The highest BCUT2D eigenvalue weighted by Gasteiger charge is 2.50. The number of anilines is 1. The second kappa shape index (κ2) is 19.8. The lowest BCUT2D eigenvalue weighted by molar-refractivity contribution is -0.135. The number of hydrogen-bond donors (Lipinski definition) is 4. The van der Waals surface area contributed by atoms with E-state index in [1.165, 1.54) is 28.7 Å². The second-order valence-electron chi connectivity index (χ2n) is 19.7. The minimum absolute atomic E-state index is 0.0531. The van der Waals surface area contributed by atoms with Gasteiger partial charge in [0.05, 0.1) is 22.7 Å². The normalized spacial score (nSPS) is 24.0. The van der Waals surface area contributed by atoms with Crippen molar-refractivity contribution in [3.05, 3.63) is 106 Å². The Balaban J connectivity index is 0.767. The number of primary amides is 1. The summed E-state index contributed by atoms with van der Waals surface area (Å²) in [4.78, 5) is 57.3. The molecule has 1 aliphatic carbocycles. The molecule has 5 aliphatic rings. The van der Waals surface area contributed by atoms with Crippen LogP contribution in [0.4, 0.5) is 19.4 Å². The molecule has 4 aromatic carbocycles. The summed E-state index contributed by atoms with van der Waals surface area (Å²) >= 11 is 6.73. The molecule has 4 aliphatic heterocycles. The van der Waals surface area contributed by atoms with E-state index >= 15 is 8.78 Å². The number of imide groups is 1. The number of benzene rings is 4. The zero-order valence-corrected chi connectivity index (χ0v) is 40.7. The fourth-order valence-corrected chi connectivity index (χ4v) is 12.2. The van der Waals surface area contributed by atoms with Crippen molar-refractivity contribution in [3.63, 3.8) is 0 Å². The first-order valence-corrected chi connectivity index (χ1v) is 25.1. The number of ether oxygens (including phenoxy) is 2. The Morgan fingerprint density at radius 1 is 0.972 bits per heavy atom. The van der Waals surface area contributed by atoms with Gasteiger partial charge in [0.15, 0.2) is 23.0 Å². The summed E-state index contributed by atoms with van der Waals surface area (Å²) in [5, 5.41) is 20.6. The molecule has 5 amide bonds. The van der Waals surface area contributed by atoms with Gasteiger partial charge in [0.2, 0.25) is 17.7 Å². The number of piperidine rings is 1. The van der Waals surface area contributed by atoms with Crippen LogP contribution < -0.4 is 30.7 Å². The average molecular weight is 994 g/mol. The predicted molar refractivity (Wildman–Crippen MR) is 264 cm³/mol. The van der Waals surface area contributed by atoms with Gasteiger partial charge in [-0.2, -0.15) is 5.10 Å². The lowest BCUT2D eigenvalue weighted by atomic mass is 9.77. The molecule has 3 unspecified atom stereocenters. The second-order valence-corrected chi connectivity index (χ2v) is 20.1. The molecule has 5 aromatic rings. The number of aliphatic hydroxyl groups excluding tert-OH is 1. The van der Waals surface area contributed by atoms with E-state index in [0.29, 0.717) is 36.4 Å². The molecule has 0 bridgehead atoms. The van der Waals surface area contributed by atoms with Crippen molar-refractivity contribution >= 4 is 52.1 Å². The summed E-state index contributed by atoms with van der Waals surface area (Å²) in [6.45, 7) is 5.29. The summed E-state index contributed by atoms with van der Waals surface area (Å²) in [6, 6.07) is 19.6. The highest BCUT2D eigenvalue weighted by atomic mass is 35.5. The lowest BCUT2D eigenvalue weighted by Crippen LogP contribution is -2.49. The predicted octanol–water partition coefficient (Wildman–Crippen LogP) is 7.11. The Morgan fingerprint density at radius 2 is 1.73 bits per heavy atom. The van der Waals surface area contributed by atoms with Gasteiger partial charge in [-0.1, -0.05) is 54.9 Å². The van der Waals surface area contributed by atoms with Crippen molar-refractivity contribution in [2.75, 3.05) is 57.4 Å². The van der Waals surface area contributed by atoms with Crippen molar-refractivity contribution in [1.29, 1.82) is 0 Å². The number of carbonyl (C=O) groups is 4. The number of likely N-dealkylation sites (tertiary alicyclic amines) is 2. The summed E-state index contributed by atoms with van der Waals surface area (Å²) in [5.74, 6) is -2.60. The third-order valence-electron chi connectivity index (χ3n) is 15.8. The van der Waals surface area contributed by atoms with Gasteiger partial charge >= 0.3 is 6.03 Å². The van der Waals surface area contributed by atoms with Gasteiger partial charge in [-0.25, -0.2) is 13.6 Å². The minimum Gasteiger partial charge on any atom is -0.488 e. The van der Waals surface area contributed by atoms with Gasteiger partial charge in [-0.15, -0.1) is 0 Å². The van der Waals surface area contributed by atoms with Crippen molar-refractivity contribution in [3.8, 4) is 22.6 Å². The molecule has 5 heterocycles.